The second-order valence-corrected chi connectivity index (χ2v) is 2.62. The van der Waals surface area contributed by atoms with Gasteiger partial charge in [0, 0.05) is 17.3 Å². The van der Waals surface area contributed by atoms with E-state index in [1.807, 2.05) is 72.9 Å². The molecule has 0 N–H and O–H groups in total. The first-order chi connectivity index (χ1) is 8.38. The summed E-state index contributed by atoms with van der Waals surface area (Å²) >= 11 is 0. The van der Waals surface area contributed by atoms with E-state index >= 15 is 0 Å². The maximum Gasteiger partial charge on any atom is 0.0450 e. The lowest BCUT2D eigenvalue weighted by Crippen LogP contribution is -1.80. The van der Waals surface area contributed by atoms with E-state index in [9.17, 15) is 0 Å². The van der Waals surface area contributed by atoms with Gasteiger partial charge in [-0.15, -0.1) is 0 Å². The van der Waals surface area contributed by atoms with Gasteiger partial charge >= 0.3 is 0 Å². The van der Waals surface area contributed by atoms with Gasteiger partial charge in [0.2, 0.25) is 0 Å². The van der Waals surface area contributed by atoms with Crippen molar-refractivity contribution in [3.8, 4) is 0 Å². The Morgan fingerprint density at radius 3 is 1.82 bits per heavy atom. The van der Waals surface area contributed by atoms with Crippen LogP contribution in [0.1, 0.15) is 47.2 Å². The average Bonchev–Trinajstić information content (AvgIpc) is 2.46. The SMILES string of the molecule is CC.CC.CC.Cc1nccc2ccccc12. The molecule has 1 aromatic carbocycles. The molecule has 0 saturated heterocycles. The fourth-order valence-corrected chi connectivity index (χ4v) is 1.27. The Hall–Kier alpha value is -1.37. The van der Waals surface area contributed by atoms with Gasteiger partial charge in [0.15, 0.2) is 0 Å². The standard InChI is InChI=1S/C10H9N.3C2H6/c1-8-10-5-3-2-4-9(10)6-7-11-8;3*1-2/h2-7H,1H3;3*1-2H3. The lowest BCUT2D eigenvalue weighted by molar-refractivity contribution is 1.24. The number of benzene rings is 1. The number of pyridine rings is 1. The molecule has 1 aromatic heterocycles. The summed E-state index contributed by atoms with van der Waals surface area (Å²) in [5.41, 5.74) is 1.10. The molecule has 2 rings (SSSR count). The highest BCUT2D eigenvalue weighted by Crippen LogP contribution is 2.14. The van der Waals surface area contributed by atoms with E-state index in [0.29, 0.717) is 0 Å². The Bertz CT molecular complexity index is 375. The van der Waals surface area contributed by atoms with Gasteiger partial charge in [0.25, 0.3) is 0 Å². The predicted molar refractivity (Wildman–Crippen MR) is 80.5 cm³/mol. The zero-order valence-electron chi connectivity index (χ0n) is 12.4. The van der Waals surface area contributed by atoms with E-state index in [-0.39, 0.29) is 0 Å². The van der Waals surface area contributed by atoms with E-state index in [1.165, 1.54) is 10.8 Å². The molecule has 0 atom stereocenters. The summed E-state index contributed by atoms with van der Waals surface area (Å²) in [7, 11) is 0. The smallest absolute Gasteiger partial charge is 0.0450 e. The number of hydrogen-bond donors (Lipinski definition) is 0. The molecule has 1 nitrogen and oxygen atoms in total. The highest BCUT2D eigenvalue weighted by molar-refractivity contribution is 5.83. The number of hydrogen-bond acceptors (Lipinski definition) is 1. The molecule has 0 fully saturated rings. The Labute approximate surface area is 107 Å². The largest absolute Gasteiger partial charge is 0.261 e. The average molecular weight is 233 g/mol. The maximum absolute atomic E-state index is 4.21. The van der Waals surface area contributed by atoms with E-state index in [1.54, 1.807) is 0 Å². The van der Waals surface area contributed by atoms with Crippen molar-refractivity contribution in [2.45, 2.75) is 48.5 Å². The topological polar surface area (TPSA) is 12.9 Å². The third kappa shape index (κ3) is 6.06. The molecule has 17 heavy (non-hydrogen) atoms. The van der Waals surface area contributed by atoms with E-state index in [0.717, 1.165) is 5.69 Å². The van der Waals surface area contributed by atoms with Crippen molar-refractivity contribution in [1.29, 1.82) is 0 Å². The maximum atomic E-state index is 4.21. The Kier molecular flexibility index (Phi) is 13.5. The molecule has 2 aromatic rings. The zero-order valence-corrected chi connectivity index (χ0v) is 12.4. The summed E-state index contributed by atoms with van der Waals surface area (Å²) in [6.45, 7) is 14.0. The van der Waals surface area contributed by atoms with Crippen LogP contribution in [0.15, 0.2) is 36.5 Å². The second-order valence-electron chi connectivity index (χ2n) is 2.62. The van der Waals surface area contributed by atoms with E-state index in [2.05, 4.69) is 17.1 Å². The fourth-order valence-electron chi connectivity index (χ4n) is 1.27. The fraction of sp³-hybridized carbons (Fsp3) is 0.438. The predicted octanol–water partition coefficient (Wildman–Crippen LogP) is 5.62. The van der Waals surface area contributed by atoms with Crippen molar-refractivity contribution < 1.29 is 0 Å². The van der Waals surface area contributed by atoms with Crippen molar-refractivity contribution >= 4 is 10.8 Å². The van der Waals surface area contributed by atoms with Gasteiger partial charge in [-0.1, -0.05) is 65.8 Å². The van der Waals surface area contributed by atoms with Crippen molar-refractivity contribution in [3.63, 3.8) is 0 Å². The van der Waals surface area contributed by atoms with Gasteiger partial charge < -0.3 is 0 Å². The summed E-state index contributed by atoms with van der Waals surface area (Å²) in [5.74, 6) is 0. The summed E-state index contributed by atoms with van der Waals surface area (Å²) in [6.07, 6.45) is 1.84. The number of fused-ring (bicyclic) bond motifs is 1. The number of rotatable bonds is 0. The zero-order chi connectivity index (χ0) is 13.7. The van der Waals surface area contributed by atoms with E-state index in [4.69, 9.17) is 0 Å². The molecule has 0 bridgehead atoms. The van der Waals surface area contributed by atoms with Gasteiger partial charge in [0.1, 0.15) is 0 Å². The first-order valence-corrected chi connectivity index (χ1v) is 6.68. The van der Waals surface area contributed by atoms with Crippen LogP contribution in [0.3, 0.4) is 0 Å². The molecule has 0 aliphatic rings. The quantitative estimate of drug-likeness (QED) is 0.575. The Morgan fingerprint density at radius 2 is 1.29 bits per heavy atom. The summed E-state index contributed by atoms with van der Waals surface area (Å²) in [4.78, 5) is 4.21. The highest BCUT2D eigenvalue weighted by atomic mass is 14.7. The van der Waals surface area contributed by atoms with Gasteiger partial charge in [-0.05, 0) is 18.4 Å². The number of nitrogens with zero attached hydrogens (tertiary/aromatic N) is 1. The molecule has 1 heteroatoms. The lowest BCUT2D eigenvalue weighted by atomic mass is 10.1. The van der Waals surface area contributed by atoms with Crippen LogP contribution in [0.5, 0.6) is 0 Å². The van der Waals surface area contributed by atoms with Crippen LogP contribution in [0.2, 0.25) is 0 Å². The van der Waals surface area contributed by atoms with Crippen molar-refractivity contribution in [2.24, 2.45) is 0 Å². The first kappa shape index (κ1) is 18.0. The molecule has 96 valence electrons. The van der Waals surface area contributed by atoms with Gasteiger partial charge in [-0.25, -0.2) is 0 Å². The van der Waals surface area contributed by atoms with Crippen LogP contribution in [-0.4, -0.2) is 4.98 Å². The third-order valence-electron chi connectivity index (χ3n) is 1.87. The highest BCUT2D eigenvalue weighted by Gasteiger charge is 1.93. The second kappa shape index (κ2) is 12.7. The van der Waals surface area contributed by atoms with Crippen LogP contribution in [0.25, 0.3) is 10.8 Å². The molecule has 0 radical (unpaired) electrons. The van der Waals surface area contributed by atoms with Crippen molar-refractivity contribution in [1.82, 2.24) is 4.98 Å². The van der Waals surface area contributed by atoms with Crippen LogP contribution in [-0.2, 0) is 0 Å². The summed E-state index contributed by atoms with van der Waals surface area (Å²) in [6, 6.07) is 10.3. The van der Waals surface area contributed by atoms with Crippen molar-refractivity contribution in [3.05, 3.63) is 42.2 Å². The summed E-state index contributed by atoms with van der Waals surface area (Å²) in [5, 5.41) is 2.51. The Balaban J connectivity index is 0. The minimum Gasteiger partial charge on any atom is -0.261 e. The van der Waals surface area contributed by atoms with Crippen LogP contribution in [0.4, 0.5) is 0 Å². The molecular weight excluding hydrogens is 206 g/mol. The van der Waals surface area contributed by atoms with Gasteiger partial charge in [-0.3, -0.25) is 4.98 Å². The van der Waals surface area contributed by atoms with Gasteiger partial charge in [-0.2, -0.15) is 0 Å². The normalized spacial score (nSPS) is 7.71. The molecule has 0 saturated carbocycles. The van der Waals surface area contributed by atoms with Crippen LogP contribution >= 0.6 is 0 Å². The van der Waals surface area contributed by atoms with Crippen LogP contribution in [0, 0.1) is 6.92 Å². The molecule has 1 heterocycles. The molecule has 0 spiro atoms. The van der Waals surface area contributed by atoms with Crippen LogP contribution < -0.4 is 0 Å². The molecular formula is C16H27N. The third-order valence-corrected chi connectivity index (χ3v) is 1.87. The lowest BCUT2D eigenvalue weighted by Gasteiger charge is -1.97. The minimum absolute atomic E-state index is 1.10. The molecule has 0 aliphatic heterocycles. The molecule has 0 amide bonds. The Morgan fingerprint density at radius 1 is 0.765 bits per heavy atom. The molecule has 0 unspecified atom stereocenters. The summed E-state index contributed by atoms with van der Waals surface area (Å²) < 4.78 is 0. The monoisotopic (exact) mass is 233 g/mol. The van der Waals surface area contributed by atoms with Gasteiger partial charge in [0.05, 0.1) is 0 Å². The van der Waals surface area contributed by atoms with Crippen molar-refractivity contribution in [2.75, 3.05) is 0 Å². The first-order valence-electron chi connectivity index (χ1n) is 6.68. The minimum atomic E-state index is 1.10. The molecule has 0 aliphatic carbocycles. The van der Waals surface area contributed by atoms with E-state index < -0.39 is 0 Å². The number of aryl methyl sites for hydroxylation is 1. The number of aromatic nitrogens is 1.